The summed E-state index contributed by atoms with van der Waals surface area (Å²) < 4.78 is 3.10. The molecule has 0 saturated carbocycles. The van der Waals surface area contributed by atoms with E-state index in [2.05, 4.69) is 20.6 Å². The van der Waals surface area contributed by atoms with Gasteiger partial charge in [0, 0.05) is 58.0 Å². The lowest BCUT2D eigenvalue weighted by Crippen LogP contribution is -2.39. The molecule has 5 heterocycles. The maximum absolute atomic E-state index is 13.0. The second-order valence-corrected chi connectivity index (χ2v) is 8.95. The molecule has 3 aromatic heterocycles. The Balaban J connectivity index is 1.47. The van der Waals surface area contributed by atoms with Crippen LogP contribution in [0.25, 0.3) is 0 Å². The molecule has 0 radical (unpaired) electrons. The summed E-state index contributed by atoms with van der Waals surface area (Å²) in [5, 5.41) is 11.3. The van der Waals surface area contributed by atoms with Gasteiger partial charge in [0.1, 0.15) is 17.0 Å². The van der Waals surface area contributed by atoms with Crippen molar-refractivity contribution in [2.75, 3.05) is 33.2 Å². The van der Waals surface area contributed by atoms with Gasteiger partial charge in [0.05, 0.1) is 18.8 Å². The van der Waals surface area contributed by atoms with Crippen LogP contribution in [0.1, 0.15) is 39.0 Å². The van der Waals surface area contributed by atoms with Crippen molar-refractivity contribution in [3.8, 4) is 0 Å². The van der Waals surface area contributed by atoms with Crippen molar-refractivity contribution < 1.29 is 14.4 Å². The van der Waals surface area contributed by atoms with E-state index in [0.29, 0.717) is 24.5 Å². The number of nitrogens with one attached hydrogen (secondary N) is 2. The van der Waals surface area contributed by atoms with Crippen LogP contribution in [0.15, 0.2) is 47.7 Å². The van der Waals surface area contributed by atoms with Gasteiger partial charge in [0.15, 0.2) is 0 Å². The monoisotopic (exact) mass is 478 g/mol. The number of H-pyrrole nitrogens is 1. The Kier molecular flexibility index (Phi) is 5.93. The Labute approximate surface area is 200 Å². The van der Waals surface area contributed by atoms with Crippen LogP contribution >= 0.6 is 0 Å². The van der Waals surface area contributed by atoms with Crippen molar-refractivity contribution in [3.63, 3.8) is 0 Å². The minimum Gasteiger partial charge on any atom is -0.357 e. The summed E-state index contributed by atoms with van der Waals surface area (Å²) in [5.41, 5.74) is 0.652. The first-order valence-electron chi connectivity index (χ1n) is 11.5. The van der Waals surface area contributed by atoms with E-state index in [0.717, 1.165) is 0 Å². The molecule has 1 saturated heterocycles. The average Bonchev–Trinajstić information content (AvgIpc) is 3.60. The van der Waals surface area contributed by atoms with Crippen LogP contribution in [0, 0.1) is 5.92 Å². The first kappa shape index (κ1) is 22.6. The number of likely N-dealkylation sites (N-methyl/N-ethyl adjacent to an activating group) is 1. The predicted molar refractivity (Wildman–Crippen MR) is 124 cm³/mol. The van der Waals surface area contributed by atoms with Crippen LogP contribution in [0.4, 0.5) is 0 Å². The zero-order valence-corrected chi connectivity index (χ0v) is 19.3. The van der Waals surface area contributed by atoms with Gasteiger partial charge in [-0.3, -0.25) is 19.2 Å². The molecule has 1 fully saturated rings. The van der Waals surface area contributed by atoms with E-state index < -0.39 is 11.5 Å². The SMILES string of the molecule is CN1CCNC(=O)C[C@H]2CN(C(=O)c3ccc[nH]3)C[C@H]2n2cc(nn2)Cn2cccc(c2=O)C1=O. The Hall–Kier alpha value is -4.22. The fourth-order valence-corrected chi connectivity index (χ4v) is 4.68. The molecule has 2 aliphatic rings. The first-order valence-corrected chi connectivity index (χ1v) is 11.5. The number of carbonyl (C=O) groups excluding carboxylic acids is 3. The van der Waals surface area contributed by atoms with Crippen LogP contribution in [0.3, 0.4) is 0 Å². The number of hydrogen-bond donors (Lipinski definition) is 2. The van der Waals surface area contributed by atoms with Gasteiger partial charge in [-0.25, -0.2) is 4.68 Å². The molecule has 0 aliphatic carbocycles. The van der Waals surface area contributed by atoms with Crippen LogP contribution < -0.4 is 10.9 Å². The molecule has 12 heteroatoms. The molecule has 2 atom stereocenters. The van der Waals surface area contributed by atoms with E-state index in [1.165, 1.54) is 15.5 Å². The largest absolute Gasteiger partial charge is 0.357 e. The number of aromatic amines is 1. The topological polar surface area (TPSA) is 138 Å². The lowest BCUT2D eigenvalue weighted by Gasteiger charge is -2.20. The maximum atomic E-state index is 13.0. The van der Waals surface area contributed by atoms with E-state index in [-0.39, 0.29) is 55.4 Å². The third kappa shape index (κ3) is 4.46. The summed E-state index contributed by atoms with van der Waals surface area (Å²) in [5.74, 6) is -0.910. The fourth-order valence-electron chi connectivity index (χ4n) is 4.68. The van der Waals surface area contributed by atoms with Gasteiger partial charge in [-0.05, 0) is 24.3 Å². The number of aromatic nitrogens is 5. The van der Waals surface area contributed by atoms with Gasteiger partial charge in [-0.15, -0.1) is 5.10 Å². The van der Waals surface area contributed by atoms with Gasteiger partial charge < -0.3 is 24.7 Å². The average molecular weight is 479 g/mol. The number of fused-ring (bicyclic) bond motifs is 6. The molecule has 5 rings (SSSR count). The molecule has 3 amide bonds. The number of carbonyl (C=O) groups is 3. The molecule has 182 valence electrons. The third-order valence-electron chi connectivity index (χ3n) is 6.57. The highest BCUT2D eigenvalue weighted by Crippen LogP contribution is 2.31. The number of pyridine rings is 1. The Morgan fingerprint density at radius 3 is 2.80 bits per heavy atom. The maximum Gasteiger partial charge on any atom is 0.270 e. The molecule has 35 heavy (non-hydrogen) atoms. The summed E-state index contributed by atoms with van der Waals surface area (Å²) in [7, 11) is 1.59. The smallest absolute Gasteiger partial charge is 0.270 e. The van der Waals surface area contributed by atoms with Crippen LogP contribution in [-0.4, -0.2) is 85.3 Å². The molecule has 3 aromatic rings. The predicted octanol–water partition coefficient (Wildman–Crippen LogP) is -0.279. The van der Waals surface area contributed by atoms with E-state index in [1.807, 2.05) is 0 Å². The highest BCUT2D eigenvalue weighted by molar-refractivity contribution is 5.94. The highest BCUT2D eigenvalue weighted by atomic mass is 16.2. The zero-order valence-electron chi connectivity index (χ0n) is 19.3. The van der Waals surface area contributed by atoms with Crippen molar-refractivity contribution in [3.05, 3.63) is 70.2 Å². The summed E-state index contributed by atoms with van der Waals surface area (Å²) in [6, 6.07) is 6.38. The second-order valence-electron chi connectivity index (χ2n) is 8.95. The number of rotatable bonds is 1. The lowest BCUT2D eigenvalue weighted by molar-refractivity contribution is -0.122. The van der Waals surface area contributed by atoms with Crippen molar-refractivity contribution in [1.29, 1.82) is 0 Å². The Morgan fingerprint density at radius 1 is 1.14 bits per heavy atom. The van der Waals surface area contributed by atoms with E-state index in [4.69, 9.17) is 0 Å². The summed E-state index contributed by atoms with van der Waals surface area (Å²) in [4.78, 5) is 57.5. The normalized spacial score (nSPS) is 21.1. The van der Waals surface area contributed by atoms with Crippen LogP contribution in [-0.2, 0) is 11.3 Å². The molecule has 4 bridgehead atoms. The van der Waals surface area contributed by atoms with Gasteiger partial charge in [0.25, 0.3) is 17.4 Å². The summed E-state index contributed by atoms with van der Waals surface area (Å²) in [6.45, 7) is 1.42. The van der Waals surface area contributed by atoms with Gasteiger partial charge in [-0.2, -0.15) is 0 Å². The molecular formula is C23H26N8O4. The first-order chi connectivity index (χ1) is 16.9. The van der Waals surface area contributed by atoms with Gasteiger partial charge in [0.2, 0.25) is 5.91 Å². The second kappa shape index (κ2) is 9.20. The minimum atomic E-state index is -0.420. The van der Waals surface area contributed by atoms with E-state index in [9.17, 15) is 19.2 Å². The van der Waals surface area contributed by atoms with Crippen molar-refractivity contribution in [1.82, 2.24) is 39.7 Å². The number of nitrogens with zero attached hydrogens (tertiary/aromatic N) is 6. The molecule has 0 aromatic carbocycles. The Bertz CT molecular complexity index is 1310. The highest BCUT2D eigenvalue weighted by Gasteiger charge is 2.39. The van der Waals surface area contributed by atoms with Gasteiger partial charge in [-0.1, -0.05) is 5.21 Å². The van der Waals surface area contributed by atoms with Crippen LogP contribution in [0.2, 0.25) is 0 Å². The minimum absolute atomic E-state index is 0.0511. The third-order valence-corrected chi connectivity index (χ3v) is 6.57. The quantitative estimate of drug-likeness (QED) is 0.493. The fraction of sp³-hybridized carbons (Fsp3) is 0.391. The number of hydrogen-bond acceptors (Lipinski definition) is 6. The van der Waals surface area contributed by atoms with Crippen molar-refractivity contribution in [2.45, 2.75) is 19.0 Å². The van der Waals surface area contributed by atoms with Crippen LogP contribution in [0.5, 0.6) is 0 Å². The van der Waals surface area contributed by atoms with E-state index >= 15 is 0 Å². The summed E-state index contributed by atoms with van der Waals surface area (Å²) in [6.07, 6.45) is 5.24. The molecular weight excluding hydrogens is 452 g/mol. The van der Waals surface area contributed by atoms with Crippen molar-refractivity contribution >= 4 is 17.7 Å². The molecule has 12 nitrogen and oxygen atoms in total. The van der Waals surface area contributed by atoms with E-state index in [1.54, 1.807) is 53.4 Å². The Morgan fingerprint density at radius 2 is 2.00 bits per heavy atom. The molecule has 2 aliphatic heterocycles. The lowest BCUT2D eigenvalue weighted by atomic mass is 9.99. The zero-order chi connectivity index (χ0) is 24.5. The summed E-state index contributed by atoms with van der Waals surface area (Å²) >= 11 is 0. The van der Waals surface area contributed by atoms with Crippen molar-refractivity contribution in [2.24, 2.45) is 5.92 Å². The van der Waals surface area contributed by atoms with Gasteiger partial charge >= 0.3 is 0 Å². The number of likely N-dealkylation sites (tertiary alicyclic amines) is 1. The molecule has 0 spiro atoms. The molecule has 0 unspecified atom stereocenters. The standard InChI is InChI=1S/C23H26N8O4/c1-28-9-7-25-20(32)10-15-11-30(23(35)18-5-2-6-24-18)14-19(15)31-13-16(26-27-31)12-29-8-3-4-17(21(28)33)22(29)34/h2-6,8,13,15,19,24H,7,9-12,14H2,1H3,(H,25,32)/t15-,19+/m0/s1. The number of amides is 3. The molecule has 2 N–H and O–H groups in total.